The number of aromatic nitrogens is 1. The van der Waals surface area contributed by atoms with Gasteiger partial charge in [0, 0.05) is 11.1 Å². The van der Waals surface area contributed by atoms with E-state index in [1.165, 1.54) is 0 Å². The van der Waals surface area contributed by atoms with Crippen LogP contribution in [-0.4, -0.2) is 18.3 Å². The molecule has 2 N–H and O–H groups in total. The van der Waals surface area contributed by atoms with Gasteiger partial charge in [-0.05, 0) is 44.2 Å². The van der Waals surface area contributed by atoms with Gasteiger partial charge in [0.15, 0.2) is 5.76 Å². The first-order valence-electron chi connectivity index (χ1n) is 5.72. The van der Waals surface area contributed by atoms with Crippen LogP contribution in [0, 0.1) is 0 Å². The molecule has 17 heavy (non-hydrogen) atoms. The molecule has 0 atom stereocenters. The molecule has 0 saturated heterocycles. The van der Waals surface area contributed by atoms with Gasteiger partial charge < -0.3 is 15.0 Å². The van der Waals surface area contributed by atoms with Crippen molar-refractivity contribution in [3.8, 4) is 17.1 Å². The fraction of sp³-hybridized carbons (Fsp3) is 0.308. The minimum atomic E-state index is 0.589. The molecule has 4 heteroatoms. The molecule has 90 valence electrons. The van der Waals surface area contributed by atoms with Crippen molar-refractivity contribution in [2.24, 2.45) is 5.73 Å². The molecule has 1 heterocycles. The van der Waals surface area contributed by atoms with Crippen molar-refractivity contribution in [3.05, 3.63) is 36.0 Å². The van der Waals surface area contributed by atoms with E-state index in [1.54, 1.807) is 6.20 Å². The average Bonchev–Trinajstić information content (AvgIpc) is 2.79. The molecule has 0 spiro atoms. The van der Waals surface area contributed by atoms with Crippen LogP contribution in [0.15, 0.2) is 35.0 Å². The zero-order valence-corrected chi connectivity index (χ0v) is 9.85. The standard InChI is InChI=1S/C13H16N2O2/c1-2-16-12-5-3-10(4-6-12)13-11(7-8-14)9-15-17-13/h3-6,9H,2,7-8,14H2,1H3. The van der Waals surface area contributed by atoms with Crippen LogP contribution in [0.1, 0.15) is 12.5 Å². The summed E-state index contributed by atoms with van der Waals surface area (Å²) < 4.78 is 10.6. The minimum Gasteiger partial charge on any atom is -0.494 e. The van der Waals surface area contributed by atoms with Crippen molar-refractivity contribution in [2.45, 2.75) is 13.3 Å². The van der Waals surface area contributed by atoms with E-state index >= 15 is 0 Å². The Kier molecular flexibility index (Phi) is 3.77. The van der Waals surface area contributed by atoms with E-state index < -0.39 is 0 Å². The van der Waals surface area contributed by atoms with Crippen LogP contribution >= 0.6 is 0 Å². The van der Waals surface area contributed by atoms with Crippen LogP contribution in [0.4, 0.5) is 0 Å². The molecule has 1 aromatic heterocycles. The first-order chi connectivity index (χ1) is 8.35. The second kappa shape index (κ2) is 5.50. The van der Waals surface area contributed by atoms with Crippen LogP contribution in [0.25, 0.3) is 11.3 Å². The monoisotopic (exact) mass is 232 g/mol. The van der Waals surface area contributed by atoms with E-state index in [1.807, 2.05) is 31.2 Å². The third-order valence-electron chi connectivity index (χ3n) is 2.49. The first-order valence-corrected chi connectivity index (χ1v) is 5.72. The highest BCUT2D eigenvalue weighted by molar-refractivity contribution is 5.61. The SMILES string of the molecule is CCOc1ccc(-c2oncc2CCN)cc1. The summed E-state index contributed by atoms with van der Waals surface area (Å²) in [5.74, 6) is 1.65. The predicted molar refractivity (Wildman–Crippen MR) is 65.9 cm³/mol. The molecular formula is C13H16N2O2. The molecule has 4 nitrogen and oxygen atoms in total. The van der Waals surface area contributed by atoms with Crippen LogP contribution in [0.3, 0.4) is 0 Å². The number of rotatable bonds is 5. The molecule has 1 aromatic carbocycles. The van der Waals surface area contributed by atoms with Crippen LogP contribution in [-0.2, 0) is 6.42 Å². The van der Waals surface area contributed by atoms with E-state index in [2.05, 4.69) is 5.16 Å². The Hall–Kier alpha value is -1.81. The number of nitrogens with two attached hydrogens (primary N) is 1. The molecule has 0 aliphatic rings. The van der Waals surface area contributed by atoms with Crippen LogP contribution in [0.2, 0.25) is 0 Å². The number of nitrogens with zero attached hydrogens (tertiary/aromatic N) is 1. The zero-order valence-electron chi connectivity index (χ0n) is 9.85. The molecule has 0 aliphatic carbocycles. The summed E-state index contributed by atoms with van der Waals surface area (Å²) in [5.41, 5.74) is 7.57. The molecular weight excluding hydrogens is 216 g/mol. The first kappa shape index (κ1) is 11.7. The van der Waals surface area contributed by atoms with Gasteiger partial charge >= 0.3 is 0 Å². The van der Waals surface area contributed by atoms with Gasteiger partial charge in [-0.25, -0.2) is 0 Å². The molecule has 0 aliphatic heterocycles. The van der Waals surface area contributed by atoms with Gasteiger partial charge in [-0.2, -0.15) is 0 Å². The molecule has 0 amide bonds. The maximum Gasteiger partial charge on any atom is 0.170 e. The van der Waals surface area contributed by atoms with Gasteiger partial charge in [0.1, 0.15) is 5.75 Å². The van der Waals surface area contributed by atoms with E-state index in [4.69, 9.17) is 15.0 Å². The predicted octanol–water partition coefficient (Wildman–Crippen LogP) is 2.24. The molecule has 0 saturated carbocycles. The number of hydrogen-bond donors (Lipinski definition) is 1. The molecule has 0 fully saturated rings. The van der Waals surface area contributed by atoms with Gasteiger partial charge in [0.25, 0.3) is 0 Å². The Morgan fingerprint density at radius 2 is 2.06 bits per heavy atom. The Labute approximate surface area is 100 Å². The summed E-state index contributed by atoms with van der Waals surface area (Å²) in [6.07, 6.45) is 2.49. The zero-order chi connectivity index (χ0) is 12.1. The minimum absolute atomic E-state index is 0.589. The Balaban J connectivity index is 2.23. The number of benzene rings is 1. The maximum absolute atomic E-state index is 5.54. The van der Waals surface area contributed by atoms with Gasteiger partial charge in [-0.1, -0.05) is 5.16 Å². The lowest BCUT2D eigenvalue weighted by molar-refractivity contribution is 0.340. The number of ether oxygens (including phenoxy) is 1. The van der Waals surface area contributed by atoms with Crippen LogP contribution < -0.4 is 10.5 Å². The summed E-state index contributed by atoms with van der Waals surface area (Å²) in [4.78, 5) is 0. The lowest BCUT2D eigenvalue weighted by Gasteiger charge is -2.04. The summed E-state index contributed by atoms with van der Waals surface area (Å²) in [6.45, 7) is 3.22. The normalized spacial score (nSPS) is 10.5. The third kappa shape index (κ3) is 2.65. The van der Waals surface area contributed by atoms with Crippen molar-refractivity contribution in [3.63, 3.8) is 0 Å². The highest BCUT2D eigenvalue weighted by Crippen LogP contribution is 2.25. The van der Waals surface area contributed by atoms with E-state index in [9.17, 15) is 0 Å². The highest BCUT2D eigenvalue weighted by Gasteiger charge is 2.09. The van der Waals surface area contributed by atoms with Gasteiger partial charge in [-0.3, -0.25) is 0 Å². The Morgan fingerprint density at radius 1 is 1.29 bits per heavy atom. The summed E-state index contributed by atoms with van der Waals surface area (Å²) in [5, 5.41) is 3.81. The molecule has 2 rings (SSSR count). The smallest absolute Gasteiger partial charge is 0.170 e. The maximum atomic E-state index is 5.54. The third-order valence-corrected chi connectivity index (χ3v) is 2.49. The van der Waals surface area contributed by atoms with Gasteiger partial charge in [-0.15, -0.1) is 0 Å². The Bertz CT molecular complexity index is 463. The van der Waals surface area contributed by atoms with Crippen molar-refractivity contribution < 1.29 is 9.26 Å². The summed E-state index contributed by atoms with van der Waals surface area (Å²) >= 11 is 0. The lowest BCUT2D eigenvalue weighted by atomic mass is 10.1. The van der Waals surface area contributed by atoms with Crippen LogP contribution in [0.5, 0.6) is 5.75 Å². The highest BCUT2D eigenvalue weighted by atomic mass is 16.5. The van der Waals surface area contributed by atoms with Gasteiger partial charge in [0.2, 0.25) is 0 Å². The second-order valence-electron chi connectivity index (χ2n) is 3.68. The average molecular weight is 232 g/mol. The van der Waals surface area contributed by atoms with Gasteiger partial charge in [0.05, 0.1) is 12.8 Å². The van der Waals surface area contributed by atoms with Crippen molar-refractivity contribution in [1.29, 1.82) is 0 Å². The van der Waals surface area contributed by atoms with E-state index in [-0.39, 0.29) is 0 Å². The fourth-order valence-corrected chi connectivity index (χ4v) is 1.70. The fourth-order valence-electron chi connectivity index (χ4n) is 1.70. The van der Waals surface area contributed by atoms with E-state index in [0.29, 0.717) is 13.2 Å². The Morgan fingerprint density at radius 3 is 2.71 bits per heavy atom. The number of hydrogen-bond acceptors (Lipinski definition) is 4. The molecule has 2 aromatic rings. The van der Waals surface area contributed by atoms with Crippen molar-refractivity contribution in [1.82, 2.24) is 5.16 Å². The largest absolute Gasteiger partial charge is 0.494 e. The summed E-state index contributed by atoms with van der Waals surface area (Å²) in [7, 11) is 0. The molecule has 0 unspecified atom stereocenters. The molecule has 0 bridgehead atoms. The second-order valence-corrected chi connectivity index (χ2v) is 3.68. The van der Waals surface area contributed by atoms with E-state index in [0.717, 1.165) is 29.1 Å². The lowest BCUT2D eigenvalue weighted by Crippen LogP contribution is -2.02. The van der Waals surface area contributed by atoms with Crippen molar-refractivity contribution in [2.75, 3.05) is 13.2 Å². The van der Waals surface area contributed by atoms with Crippen molar-refractivity contribution >= 4 is 0 Å². The molecule has 0 radical (unpaired) electrons. The topological polar surface area (TPSA) is 61.3 Å². The summed E-state index contributed by atoms with van der Waals surface area (Å²) in [6, 6.07) is 7.78. The quantitative estimate of drug-likeness (QED) is 0.858.